The number of nitrogens with one attached hydrogen (secondary N) is 2. The minimum Gasteiger partial charge on any atom is -0.450 e. The first kappa shape index (κ1) is 20.6. The molecule has 154 valence electrons. The lowest BCUT2D eigenvalue weighted by atomic mass is 10.1. The first-order chi connectivity index (χ1) is 13.9. The SMILES string of the molecule is CCOC(=O)N1CCC(Nc2cc(C)nc(Nc3cccc(C(C)=O)c3)n2)CC1. The molecule has 8 nitrogen and oxygen atoms in total. The van der Waals surface area contributed by atoms with Gasteiger partial charge in [-0.2, -0.15) is 4.98 Å². The minimum atomic E-state index is -0.247. The Balaban J connectivity index is 1.63. The average Bonchev–Trinajstić information content (AvgIpc) is 2.68. The zero-order chi connectivity index (χ0) is 20.8. The predicted molar refractivity (Wildman–Crippen MR) is 112 cm³/mol. The van der Waals surface area contributed by atoms with Crippen molar-refractivity contribution in [1.29, 1.82) is 0 Å². The average molecular weight is 397 g/mol. The molecule has 1 fully saturated rings. The number of hydrogen-bond donors (Lipinski definition) is 2. The van der Waals surface area contributed by atoms with E-state index in [4.69, 9.17) is 4.74 Å². The van der Waals surface area contributed by atoms with Crippen molar-refractivity contribution in [3.05, 3.63) is 41.6 Å². The maximum Gasteiger partial charge on any atom is 0.409 e. The number of carbonyl (C=O) groups is 2. The van der Waals surface area contributed by atoms with E-state index < -0.39 is 0 Å². The standard InChI is InChI=1S/C21H27N5O3/c1-4-29-21(28)26-10-8-17(9-11-26)23-19-12-14(2)22-20(25-19)24-18-7-5-6-16(13-18)15(3)27/h5-7,12-13,17H,4,8-11H2,1-3H3,(H2,22,23,24,25). The fourth-order valence-corrected chi connectivity index (χ4v) is 3.27. The van der Waals surface area contributed by atoms with Gasteiger partial charge in [0.1, 0.15) is 5.82 Å². The maximum absolute atomic E-state index is 11.8. The molecule has 3 rings (SSSR count). The van der Waals surface area contributed by atoms with Gasteiger partial charge in [-0.1, -0.05) is 12.1 Å². The quantitative estimate of drug-likeness (QED) is 0.716. The van der Waals surface area contributed by atoms with Crippen LogP contribution in [0.1, 0.15) is 42.7 Å². The van der Waals surface area contributed by atoms with E-state index in [1.807, 2.05) is 32.0 Å². The molecule has 2 aromatic rings. The van der Waals surface area contributed by atoms with E-state index >= 15 is 0 Å². The first-order valence-electron chi connectivity index (χ1n) is 9.86. The van der Waals surface area contributed by atoms with Gasteiger partial charge in [0.05, 0.1) is 6.61 Å². The molecule has 0 unspecified atom stereocenters. The summed E-state index contributed by atoms with van der Waals surface area (Å²) in [5.74, 6) is 1.21. The largest absolute Gasteiger partial charge is 0.450 e. The van der Waals surface area contributed by atoms with Gasteiger partial charge in [-0.05, 0) is 45.7 Å². The molecule has 1 aromatic carbocycles. The van der Waals surface area contributed by atoms with Crippen molar-refractivity contribution in [1.82, 2.24) is 14.9 Å². The van der Waals surface area contributed by atoms with Crippen LogP contribution in [0.2, 0.25) is 0 Å². The van der Waals surface area contributed by atoms with Gasteiger partial charge in [-0.15, -0.1) is 0 Å². The molecular formula is C21H27N5O3. The van der Waals surface area contributed by atoms with Crippen LogP contribution in [0.3, 0.4) is 0 Å². The van der Waals surface area contributed by atoms with Crippen LogP contribution >= 0.6 is 0 Å². The van der Waals surface area contributed by atoms with Crippen LogP contribution in [0.5, 0.6) is 0 Å². The third-order valence-electron chi connectivity index (χ3n) is 4.75. The molecule has 0 saturated carbocycles. The molecule has 0 bridgehead atoms. The van der Waals surface area contributed by atoms with E-state index in [1.54, 1.807) is 17.0 Å². The number of nitrogens with zero attached hydrogens (tertiary/aromatic N) is 3. The highest BCUT2D eigenvalue weighted by Crippen LogP contribution is 2.20. The van der Waals surface area contributed by atoms with Gasteiger partial charge in [0.25, 0.3) is 0 Å². The van der Waals surface area contributed by atoms with Crippen LogP contribution < -0.4 is 10.6 Å². The number of ketones is 1. The summed E-state index contributed by atoms with van der Waals surface area (Å²) in [4.78, 5) is 34.1. The molecular weight excluding hydrogens is 370 g/mol. The van der Waals surface area contributed by atoms with Gasteiger partial charge < -0.3 is 20.3 Å². The topological polar surface area (TPSA) is 96.5 Å². The van der Waals surface area contributed by atoms with Crippen LogP contribution in [0.15, 0.2) is 30.3 Å². The van der Waals surface area contributed by atoms with Gasteiger partial charge in [-0.3, -0.25) is 4.79 Å². The molecule has 1 amide bonds. The number of Topliss-reactive ketones (excluding diaryl/α,β-unsaturated/α-hetero) is 1. The van der Waals surface area contributed by atoms with E-state index in [1.165, 1.54) is 6.92 Å². The van der Waals surface area contributed by atoms with E-state index in [-0.39, 0.29) is 17.9 Å². The van der Waals surface area contributed by atoms with Crippen LogP contribution in [-0.4, -0.2) is 52.5 Å². The van der Waals surface area contributed by atoms with Gasteiger partial charge in [0, 0.05) is 42.1 Å². The van der Waals surface area contributed by atoms with Gasteiger partial charge in [0.15, 0.2) is 5.78 Å². The number of aryl methyl sites for hydroxylation is 1. The molecule has 1 aliphatic heterocycles. The Bertz CT molecular complexity index is 878. The third-order valence-corrected chi connectivity index (χ3v) is 4.75. The number of rotatable bonds is 6. The zero-order valence-corrected chi connectivity index (χ0v) is 17.1. The normalized spacial score (nSPS) is 14.4. The van der Waals surface area contributed by atoms with Crippen molar-refractivity contribution in [3.63, 3.8) is 0 Å². The Morgan fingerprint density at radius 1 is 1.21 bits per heavy atom. The fraction of sp³-hybridized carbons (Fsp3) is 0.429. The molecule has 2 N–H and O–H groups in total. The second kappa shape index (κ2) is 9.36. The number of ether oxygens (including phenoxy) is 1. The summed E-state index contributed by atoms with van der Waals surface area (Å²) in [6, 6.07) is 9.38. The van der Waals surface area contributed by atoms with Gasteiger partial charge in [-0.25, -0.2) is 9.78 Å². The van der Waals surface area contributed by atoms with Crippen LogP contribution in [-0.2, 0) is 4.74 Å². The molecule has 1 saturated heterocycles. The lowest BCUT2D eigenvalue weighted by Crippen LogP contribution is -2.42. The van der Waals surface area contributed by atoms with Crippen molar-refractivity contribution in [2.24, 2.45) is 0 Å². The second-order valence-electron chi connectivity index (χ2n) is 7.08. The van der Waals surface area contributed by atoms with E-state index in [2.05, 4.69) is 20.6 Å². The lowest BCUT2D eigenvalue weighted by molar-refractivity contribution is 0.0981. The number of aromatic nitrogens is 2. The van der Waals surface area contributed by atoms with Crippen molar-refractivity contribution in [2.75, 3.05) is 30.3 Å². The third kappa shape index (κ3) is 5.66. The summed E-state index contributed by atoms with van der Waals surface area (Å²) < 4.78 is 5.06. The monoisotopic (exact) mass is 397 g/mol. The number of likely N-dealkylation sites (tertiary alicyclic amines) is 1. The Morgan fingerprint density at radius 3 is 2.66 bits per heavy atom. The number of hydrogen-bond acceptors (Lipinski definition) is 7. The minimum absolute atomic E-state index is 0.00956. The first-order valence-corrected chi connectivity index (χ1v) is 9.86. The Labute approximate surface area is 170 Å². The summed E-state index contributed by atoms with van der Waals surface area (Å²) >= 11 is 0. The zero-order valence-electron chi connectivity index (χ0n) is 17.1. The molecule has 1 aromatic heterocycles. The molecule has 8 heteroatoms. The maximum atomic E-state index is 11.8. The number of carbonyl (C=O) groups excluding carboxylic acids is 2. The van der Waals surface area contributed by atoms with Crippen molar-refractivity contribution in [3.8, 4) is 0 Å². The summed E-state index contributed by atoms with van der Waals surface area (Å²) in [5, 5.41) is 6.61. The highest BCUT2D eigenvalue weighted by molar-refractivity contribution is 5.95. The van der Waals surface area contributed by atoms with Crippen molar-refractivity contribution < 1.29 is 14.3 Å². The Morgan fingerprint density at radius 2 is 1.97 bits per heavy atom. The molecule has 0 atom stereocenters. The predicted octanol–water partition coefficient (Wildman–Crippen LogP) is 3.76. The molecule has 29 heavy (non-hydrogen) atoms. The van der Waals surface area contributed by atoms with Crippen molar-refractivity contribution >= 4 is 29.3 Å². The number of anilines is 3. The van der Waals surface area contributed by atoms with Crippen LogP contribution in [0, 0.1) is 6.92 Å². The lowest BCUT2D eigenvalue weighted by Gasteiger charge is -2.31. The van der Waals surface area contributed by atoms with Crippen LogP contribution in [0.4, 0.5) is 22.2 Å². The van der Waals surface area contributed by atoms with E-state index in [0.29, 0.717) is 31.2 Å². The summed E-state index contributed by atoms with van der Waals surface area (Å²) in [6.07, 6.45) is 1.40. The molecule has 2 heterocycles. The second-order valence-corrected chi connectivity index (χ2v) is 7.08. The van der Waals surface area contributed by atoms with Crippen molar-refractivity contribution in [2.45, 2.75) is 39.7 Å². The number of benzene rings is 1. The molecule has 1 aliphatic rings. The molecule has 0 radical (unpaired) electrons. The highest BCUT2D eigenvalue weighted by atomic mass is 16.6. The number of amides is 1. The Hall–Kier alpha value is -3.16. The van der Waals surface area contributed by atoms with E-state index in [9.17, 15) is 9.59 Å². The molecule has 0 spiro atoms. The fourth-order valence-electron chi connectivity index (χ4n) is 3.27. The summed E-state index contributed by atoms with van der Waals surface area (Å²) in [6.45, 7) is 6.96. The van der Waals surface area contributed by atoms with Crippen LogP contribution in [0.25, 0.3) is 0 Å². The van der Waals surface area contributed by atoms with Gasteiger partial charge >= 0.3 is 6.09 Å². The highest BCUT2D eigenvalue weighted by Gasteiger charge is 2.23. The van der Waals surface area contributed by atoms with E-state index in [0.717, 1.165) is 30.0 Å². The summed E-state index contributed by atoms with van der Waals surface area (Å²) in [7, 11) is 0. The Kier molecular flexibility index (Phi) is 6.64. The summed E-state index contributed by atoms with van der Waals surface area (Å²) in [5.41, 5.74) is 2.23. The van der Waals surface area contributed by atoms with Gasteiger partial charge in [0.2, 0.25) is 5.95 Å². The molecule has 0 aliphatic carbocycles. The smallest absolute Gasteiger partial charge is 0.409 e. The number of piperidine rings is 1.